The summed E-state index contributed by atoms with van der Waals surface area (Å²) in [4.78, 5) is 0. The molecule has 0 unspecified atom stereocenters. The Labute approximate surface area is 102 Å². The second-order valence-corrected chi connectivity index (χ2v) is 4.14. The van der Waals surface area contributed by atoms with Crippen LogP contribution in [0.3, 0.4) is 0 Å². The molecule has 0 radical (unpaired) electrons. The van der Waals surface area contributed by atoms with E-state index in [4.69, 9.17) is 23.2 Å². The van der Waals surface area contributed by atoms with Crippen LogP contribution >= 0.6 is 23.2 Å². The summed E-state index contributed by atoms with van der Waals surface area (Å²) in [7, 11) is 0. The summed E-state index contributed by atoms with van der Waals surface area (Å²) in [5.74, 6) is -0.623. The fourth-order valence-electron chi connectivity index (χ4n) is 1.42. The van der Waals surface area contributed by atoms with Crippen molar-refractivity contribution in [2.45, 2.75) is 0 Å². The first-order valence-corrected chi connectivity index (χ1v) is 5.27. The van der Waals surface area contributed by atoms with Gasteiger partial charge in [-0.3, -0.25) is 0 Å². The molecule has 0 saturated carbocycles. The Kier molecular flexibility index (Phi) is 3.03. The molecule has 0 atom stereocenters. The number of aromatic hydroxyl groups is 1. The lowest BCUT2D eigenvalue weighted by Gasteiger charge is -2.04. The Morgan fingerprint density at radius 2 is 1.62 bits per heavy atom. The number of hydrogen-bond donors (Lipinski definition) is 1. The molecule has 0 fully saturated rings. The van der Waals surface area contributed by atoms with Gasteiger partial charge < -0.3 is 5.11 Å². The monoisotopic (exact) mass is 256 g/mol. The number of hydrogen-bond acceptors (Lipinski definition) is 1. The zero-order chi connectivity index (χ0) is 11.7. The summed E-state index contributed by atoms with van der Waals surface area (Å²) in [6.45, 7) is 0. The first kappa shape index (κ1) is 11.2. The highest BCUT2D eigenvalue weighted by Gasteiger charge is 2.05. The number of halogens is 3. The summed E-state index contributed by atoms with van der Waals surface area (Å²) in [5.41, 5.74) is 1.25. The van der Waals surface area contributed by atoms with Crippen LogP contribution in [0, 0.1) is 5.82 Å². The van der Waals surface area contributed by atoms with Crippen molar-refractivity contribution in [1.82, 2.24) is 0 Å². The minimum atomic E-state index is -0.499. The smallest absolute Gasteiger partial charge is 0.127 e. The third-order valence-electron chi connectivity index (χ3n) is 2.14. The van der Waals surface area contributed by atoms with Crippen molar-refractivity contribution in [2.24, 2.45) is 0 Å². The standard InChI is InChI=1S/C12H7Cl2FO/c13-11-2-1-7(5-12(11)14)8-3-9(15)6-10(16)4-8/h1-6,16H. The predicted molar refractivity (Wildman–Crippen MR) is 63.5 cm³/mol. The van der Waals surface area contributed by atoms with E-state index in [9.17, 15) is 9.50 Å². The predicted octanol–water partition coefficient (Wildman–Crippen LogP) is 4.51. The van der Waals surface area contributed by atoms with Crippen molar-refractivity contribution in [3.8, 4) is 16.9 Å². The SMILES string of the molecule is Oc1cc(F)cc(-c2ccc(Cl)c(Cl)c2)c1. The second kappa shape index (κ2) is 4.32. The molecule has 0 aromatic heterocycles. The summed E-state index contributed by atoms with van der Waals surface area (Å²) >= 11 is 11.6. The largest absolute Gasteiger partial charge is 0.508 e. The van der Waals surface area contributed by atoms with E-state index in [-0.39, 0.29) is 5.75 Å². The Morgan fingerprint density at radius 1 is 0.875 bits per heavy atom. The van der Waals surface area contributed by atoms with Crippen molar-refractivity contribution in [3.05, 3.63) is 52.3 Å². The Bertz CT molecular complexity index is 520. The van der Waals surface area contributed by atoms with Crippen LogP contribution in [-0.2, 0) is 0 Å². The Hall–Kier alpha value is -1.25. The molecule has 82 valence electrons. The fourth-order valence-corrected chi connectivity index (χ4v) is 1.71. The molecule has 16 heavy (non-hydrogen) atoms. The average molecular weight is 257 g/mol. The Morgan fingerprint density at radius 3 is 2.25 bits per heavy atom. The molecule has 0 aliphatic carbocycles. The maximum Gasteiger partial charge on any atom is 0.127 e. The average Bonchev–Trinajstić information content (AvgIpc) is 2.20. The molecule has 1 nitrogen and oxygen atoms in total. The van der Waals surface area contributed by atoms with E-state index < -0.39 is 5.82 Å². The van der Waals surface area contributed by atoms with Crippen LogP contribution in [0.2, 0.25) is 10.0 Å². The van der Waals surface area contributed by atoms with Gasteiger partial charge in [0.15, 0.2) is 0 Å². The molecule has 2 aromatic carbocycles. The number of phenols is 1. The quantitative estimate of drug-likeness (QED) is 0.797. The van der Waals surface area contributed by atoms with Gasteiger partial charge in [0.25, 0.3) is 0 Å². The van der Waals surface area contributed by atoms with Crippen LogP contribution in [-0.4, -0.2) is 5.11 Å². The molecule has 0 aliphatic heterocycles. The van der Waals surface area contributed by atoms with Gasteiger partial charge in [-0.1, -0.05) is 29.3 Å². The molecule has 0 saturated heterocycles. The van der Waals surface area contributed by atoms with E-state index in [1.54, 1.807) is 18.2 Å². The van der Waals surface area contributed by atoms with Crippen molar-refractivity contribution >= 4 is 23.2 Å². The van der Waals surface area contributed by atoms with Gasteiger partial charge in [0.1, 0.15) is 11.6 Å². The molecule has 0 amide bonds. The summed E-state index contributed by atoms with van der Waals surface area (Å²) in [6, 6.07) is 8.78. The maximum atomic E-state index is 13.1. The third-order valence-corrected chi connectivity index (χ3v) is 2.87. The zero-order valence-electron chi connectivity index (χ0n) is 8.05. The minimum absolute atomic E-state index is 0.124. The molecule has 2 rings (SSSR count). The van der Waals surface area contributed by atoms with E-state index in [1.807, 2.05) is 0 Å². The van der Waals surface area contributed by atoms with Crippen LogP contribution in [0.15, 0.2) is 36.4 Å². The fraction of sp³-hybridized carbons (Fsp3) is 0. The van der Waals surface area contributed by atoms with Gasteiger partial charge in [-0.2, -0.15) is 0 Å². The van der Waals surface area contributed by atoms with Gasteiger partial charge in [0.2, 0.25) is 0 Å². The maximum absolute atomic E-state index is 13.1. The van der Waals surface area contributed by atoms with Crippen LogP contribution in [0.25, 0.3) is 11.1 Å². The highest BCUT2D eigenvalue weighted by molar-refractivity contribution is 6.42. The van der Waals surface area contributed by atoms with E-state index in [1.165, 1.54) is 12.1 Å². The van der Waals surface area contributed by atoms with Crippen molar-refractivity contribution in [3.63, 3.8) is 0 Å². The van der Waals surface area contributed by atoms with E-state index in [2.05, 4.69) is 0 Å². The first-order chi connectivity index (χ1) is 7.56. The molecule has 4 heteroatoms. The molecule has 2 aromatic rings. The van der Waals surface area contributed by atoms with Crippen molar-refractivity contribution in [2.75, 3.05) is 0 Å². The number of phenolic OH excluding ortho intramolecular Hbond substituents is 1. The second-order valence-electron chi connectivity index (χ2n) is 3.33. The first-order valence-electron chi connectivity index (χ1n) is 4.51. The lowest BCUT2D eigenvalue weighted by molar-refractivity contribution is 0.469. The molecule has 0 bridgehead atoms. The van der Waals surface area contributed by atoms with E-state index in [0.29, 0.717) is 21.2 Å². The van der Waals surface area contributed by atoms with Crippen LogP contribution in [0.5, 0.6) is 5.75 Å². The zero-order valence-corrected chi connectivity index (χ0v) is 9.56. The molecule has 1 N–H and O–H groups in total. The van der Waals surface area contributed by atoms with Gasteiger partial charge in [-0.25, -0.2) is 4.39 Å². The van der Waals surface area contributed by atoms with Crippen LogP contribution in [0.1, 0.15) is 0 Å². The molecule has 0 heterocycles. The van der Waals surface area contributed by atoms with Gasteiger partial charge in [0.05, 0.1) is 10.0 Å². The third kappa shape index (κ3) is 2.29. The summed E-state index contributed by atoms with van der Waals surface area (Å²) < 4.78 is 13.1. The van der Waals surface area contributed by atoms with Crippen LogP contribution < -0.4 is 0 Å². The van der Waals surface area contributed by atoms with Crippen LogP contribution in [0.4, 0.5) is 4.39 Å². The topological polar surface area (TPSA) is 20.2 Å². The number of benzene rings is 2. The highest BCUT2D eigenvalue weighted by Crippen LogP contribution is 2.30. The van der Waals surface area contributed by atoms with Gasteiger partial charge in [0, 0.05) is 6.07 Å². The minimum Gasteiger partial charge on any atom is -0.508 e. The molecular formula is C12H7Cl2FO. The van der Waals surface area contributed by atoms with E-state index in [0.717, 1.165) is 6.07 Å². The lowest BCUT2D eigenvalue weighted by atomic mass is 10.1. The summed E-state index contributed by atoms with van der Waals surface area (Å²) in [6.07, 6.45) is 0. The van der Waals surface area contributed by atoms with Crippen molar-refractivity contribution < 1.29 is 9.50 Å². The summed E-state index contributed by atoms with van der Waals surface area (Å²) in [5, 5.41) is 10.1. The van der Waals surface area contributed by atoms with Gasteiger partial charge in [-0.05, 0) is 35.4 Å². The van der Waals surface area contributed by atoms with Gasteiger partial charge in [-0.15, -0.1) is 0 Å². The molecule has 0 aliphatic rings. The molecular weight excluding hydrogens is 250 g/mol. The van der Waals surface area contributed by atoms with Gasteiger partial charge >= 0.3 is 0 Å². The highest BCUT2D eigenvalue weighted by atomic mass is 35.5. The van der Waals surface area contributed by atoms with Crippen molar-refractivity contribution in [1.29, 1.82) is 0 Å². The molecule has 0 spiro atoms. The van der Waals surface area contributed by atoms with E-state index >= 15 is 0 Å². The number of rotatable bonds is 1. The Balaban J connectivity index is 2.54. The lowest BCUT2D eigenvalue weighted by Crippen LogP contribution is -1.81. The normalized spacial score (nSPS) is 10.4.